The molecule has 0 saturated carbocycles. The largest absolute Gasteiger partial charge is 0.481 e. The lowest BCUT2D eigenvalue weighted by molar-refractivity contribution is -0.139. The Hall–Kier alpha value is -0.570. The minimum absolute atomic E-state index is 0.180. The first kappa shape index (κ1) is 13.4. The van der Waals surface area contributed by atoms with Gasteiger partial charge in [-0.2, -0.15) is 0 Å². The van der Waals surface area contributed by atoms with Crippen molar-refractivity contribution in [1.82, 2.24) is 4.90 Å². The van der Waals surface area contributed by atoms with Gasteiger partial charge in [-0.1, -0.05) is 20.8 Å². The summed E-state index contributed by atoms with van der Waals surface area (Å²) in [5.74, 6) is -0.740. The molecule has 0 aromatic carbocycles. The van der Waals surface area contributed by atoms with Crippen LogP contribution in [0.4, 0.5) is 0 Å². The van der Waals surface area contributed by atoms with Crippen molar-refractivity contribution in [2.45, 2.75) is 46.6 Å². The first-order valence-electron chi connectivity index (χ1n) is 4.98. The van der Waals surface area contributed by atoms with Crippen LogP contribution in [-0.4, -0.2) is 35.1 Å². The summed E-state index contributed by atoms with van der Waals surface area (Å²) >= 11 is 0. The molecule has 1 N–H and O–H groups in total. The van der Waals surface area contributed by atoms with Crippen molar-refractivity contribution in [2.24, 2.45) is 5.41 Å². The maximum atomic E-state index is 10.7. The molecule has 0 fully saturated rings. The lowest BCUT2D eigenvalue weighted by Gasteiger charge is -2.38. The average molecular weight is 201 g/mol. The lowest BCUT2D eigenvalue weighted by Crippen LogP contribution is -2.46. The molecule has 3 heteroatoms. The Labute approximate surface area is 87.1 Å². The molecule has 0 amide bonds. The zero-order chi connectivity index (χ0) is 11.6. The second kappa shape index (κ2) is 4.30. The van der Waals surface area contributed by atoms with Crippen LogP contribution < -0.4 is 0 Å². The van der Waals surface area contributed by atoms with Crippen LogP contribution in [0.25, 0.3) is 0 Å². The van der Waals surface area contributed by atoms with Gasteiger partial charge in [0.05, 0.1) is 6.42 Å². The average Bonchev–Trinajstić information content (AvgIpc) is 1.79. The van der Waals surface area contributed by atoms with Crippen molar-refractivity contribution in [1.29, 1.82) is 0 Å². The van der Waals surface area contributed by atoms with E-state index in [4.69, 9.17) is 5.11 Å². The highest BCUT2D eigenvalue weighted by molar-refractivity contribution is 5.68. The molecule has 14 heavy (non-hydrogen) atoms. The minimum atomic E-state index is -0.740. The van der Waals surface area contributed by atoms with Crippen molar-refractivity contribution in [3.8, 4) is 0 Å². The van der Waals surface area contributed by atoms with E-state index in [-0.39, 0.29) is 17.4 Å². The van der Waals surface area contributed by atoms with Gasteiger partial charge in [-0.3, -0.25) is 4.79 Å². The zero-order valence-corrected chi connectivity index (χ0v) is 10.2. The summed E-state index contributed by atoms with van der Waals surface area (Å²) < 4.78 is 0. The number of hydrogen-bond acceptors (Lipinski definition) is 2. The van der Waals surface area contributed by atoms with Crippen molar-refractivity contribution >= 4 is 5.97 Å². The van der Waals surface area contributed by atoms with Crippen molar-refractivity contribution in [3.05, 3.63) is 0 Å². The van der Waals surface area contributed by atoms with E-state index in [2.05, 4.69) is 25.7 Å². The highest BCUT2D eigenvalue weighted by atomic mass is 16.4. The number of carbonyl (C=O) groups is 1. The monoisotopic (exact) mass is 201 g/mol. The van der Waals surface area contributed by atoms with Gasteiger partial charge in [-0.25, -0.2) is 0 Å². The molecular formula is C11H23NO2. The van der Waals surface area contributed by atoms with Gasteiger partial charge in [-0.05, 0) is 26.3 Å². The second-order valence-corrected chi connectivity index (χ2v) is 5.80. The fraction of sp³-hybridized carbons (Fsp3) is 0.909. The van der Waals surface area contributed by atoms with Crippen LogP contribution in [0.2, 0.25) is 0 Å². The molecule has 0 aliphatic heterocycles. The van der Waals surface area contributed by atoms with Crippen molar-refractivity contribution < 1.29 is 9.90 Å². The molecule has 0 heterocycles. The van der Waals surface area contributed by atoms with E-state index in [0.717, 1.165) is 6.54 Å². The van der Waals surface area contributed by atoms with Crippen LogP contribution >= 0.6 is 0 Å². The molecule has 0 bridgehead atoms. The summed E-state index contributed by atoms with van der Waals surface area (Å²) in [6.45, 7) is 11.3. The number of carboxylic acids is 1. The fourth-order valence-electron chi connectivity index (χ4n) is 1.43. The Balaban J connectivity index is 4.35. The van der Waals surface area contributed by atoms with Gasteiger partial charge in [0, 0.05) is 12.1 Å². The predicted octanol–water partition coefficient (Wildman–Crippen LogP) is 2.22. The highest BCUT2D eigenvalue weighted by Gasteiger charge is 2.29. The first-order valence-corrected chi connectivity index (χ1v) is 4.98. The van der Waals surface area contributed by atoms with Crippen LogP contribution in [0.3, 0.4) is 0 Å². The Kier molecular flexibility index (Phi) is 4.13. The summed E-state index contributed by atoms with van der Waals surface area (Å²) in [6.07, 6.45) is 0.180. The number of aliphatic carboxylic acids is 1. The molecule has 3 nitrogen and oxygen atoms in total. The Morgan fingerprint density at radius 3 is 1.93 bits per heavy atom. The Morgan fingerprint density at radius 1 is 1.21 bits per heavy atom. The molecule has 0 unspecified atom stereocenters. The molecular weight excluding hydrogens is 178 g/mol. The highest BCUT2D eigenvalue weighted by Crippen LogP contribution is 2.23. The lowest BCUT2D eigenvalue weighted by atomic mass is 9.91. The molecule has 0 radical (unpaired) electrons. The van der Waals surface area contributed by atoms with Crippen LogP contribution in [0.1, 0.15) is 41.0 Å². The first-order chi connectivity index (χ1) is 6.04. The molecule has 0 saturated heterocycles. The number of carboxylic acid groups (broad SMARTS) is 1. The molecule has 0 atom stereocenters. The van der Waals surface area contributed by atoms with Gasteiger partial charge in [0.25, 0.3) is 0 Å². The third-order valence-corrected chi connectivity index (χ3v) is 2.33. The fourth-order valence-corrected chi connectivity index (χ4v) is 1.43. The topological polar surface area (TPSA) is 40.5 Å². The molecule has 0 aromatic rings. The van der Waals surface area contributed by atoms with E-state index < -0.39 is 5.97 Å². The second-order valence-electron chi connectivity index (χ2n) is 5.80. The molecule has 84 valence electrons. The van der Waals surface area contributed by atoms with E-state index in [0.29, 0.717) is 0 Å². The molecule has 0 aromatic heterocycles. The summed E-state index contributed by atoms with van der Waals surface area (Å²) in [7, 11) is 1.98. The predicted molar refractivity (Wildman–Crippen MR) is 58.4 cm³/mol. The van der Waals surface area contributed by atoms with E-state index in [1.54, 1.807) is 0 Å². The van der Waals surface area contributed by atoms with Gasteiger partial charge in [0.2, 0.25) is 0 Å². The van der Waals surface area contributed by atoms with Gasteiger partial charge in [0.15, 0.2) is 0 Å². The Morgan fingerprint density at radius 2 is 1.64 bits per heavy atom. The summed E-state index contributed by atoms with van der Waals surface area (Å²) in [6, 6.07) is 0. The van der Waals surface area contributed by atoms with Crippen LogP contribution in [0.15, 0.2) is 0 Å². The van der Waals surface area contributed by atoms with Gasteiger partial charge >= 0.3 is 5.97 Å². The van der Waals surface area contributed by atoms with Crippen LogP contribution in [0, 0.1) is 5.41 Å². The minimum Gasteiger partial charge on any atom is -0.481 e. The normalized spacial score (nSPS) is 13.4. The third-order valence-electron chi connectivity index (χ3n) is 2.33. The standard InChI is InChI=1S/C11H23NO2/c1-10(2,3)8-12(6)11(4,5)7-9(13)14/h7-8H2,1-6H3,(H,13,14). The maximum absolute atomic E-state index is 10.7. The van der Waals surface area contributed by atoms with Gasteiger partial charge < -0.3 is 10.0 Å². The SMILES string of the molecule is CN(CC(C)(C)C)C(C)(C)CC(=O)O. The van der Waals surface area contributed by atoms with E-state index >= 15 is 0 Å². The Bertz CT molecular complexity index is 204. The summed E-state index contributed by atoms with van der Waals surface area (Å²) in [5, 5.41) is 8.77. The van der Waals surface area contributed by atoms with Crippen molar-refractivity contribution in [2.75, 3.05) is 13.6 Å². The number of hydrogen-bond donors (Lipinski definition) is 1. The zero-order valence-electron chi connectivity index (χ0n) is 10.2. The summed E-state index contributed by atoms with van der Waals surface area (Å²) in [4.78, 5) is 12.8. The maximum Gasteiger partial charge on any atom is 0.305 e. The van der Waals surface area contributed by atoms with Gasteiger partial charge in [0.1, 0.15) is 0 Å². The molecule has 0 rings (SSSR count). The molecule has 0 spiro atoms. The van der Waals surface area contributed by atoms with E-state index in [1.807, 2.05) is 20.9 Å². The quantitative estimate of drug-likeness (QED) is 0.758. The van der Waals surface area contributed by atoms with Crippen molar-refractivity contribution in [3.63, 3.8) is 0 Å². The smallest absolute Gasteiger partial charge is 0.305 e. The number of nitrogens with zero attached hydrogens (tertiary/aromatic N) is 1. The van der Waals surface area contributed by atoms with Crippen LogP contribution in [-0.2, 0) is 4.79 Å². The number of rotatable bonds is 4. The van der Waals surface area contributed by atoms with Crippen LogP contribution in [0.5, 0.6) is 0 Å². The summed E-state index contributed by atoms with van der Waals surface area (Å²) in [5.41, 5.74) is -0.0797. The molecule has 0 aliphatic rings. The van der Waals surface area contributed by atoms with E-state index in [9.17, 15) is 4.79 Å². The molecule has 0 aliphatic carbocycles. The third kappa shape index (κ3) is 5.22. The van der Waals surface area contributed by atoms with E-state index in [1.165, 1.54) is 0 Å². The van der Waals surface area contributed by atoms with Gasteiger partial charge in [-0.15, -0.1) is 0 Å².